The number of morpholine rings is 1. The van der Waals surface area contributed by atoms with Crippen molar-refractivity contribution in [3.8, 4) is 0 Å². The van der Waals surface area contributed by atoms with Gasteiger partial charge in [-0.15, -0.1) is 0 Å². The molecule has 1 unspecified atom stereocenters. The van der Waals surface area contributed by atoms with Crippen LogP contribution in [0, 0.1) is 0 Å². The van der Waals surface area contributed by atoms with Gasteiger partial charge in [0.05, 0.1) is 18.2 Å². The number of fused-ring (bicyclic) bond motifs is 1. The monoisotopic (exact) mass is 324 g/mol. The van der Waals surface area contributed by atoms with Gasteiger partial charge in [-0.05, 0) is 32.9 Å². The van der Waals surface area contributed by atoms with Gasteiger partial charge in [0.2, 0.25) is 10.0 Å². The maximum absolute atomic E-state index is 12.8. The lowest BCUT2D eigenvalue weighted by molar-refractivity contribution is -0.0551. The van der Waals surface area contributed by atoms with Crippen LogP contribution in [0.15, 0.2) is 28.8 Å². The largest absolute Gasteiger partial charge is 0.375 e. The second-order valence-electron chi connectivity index (χ2n) is 6.35. The Morgan fingerprint density at radius 3 is 2.86 bits per heavy atom. The third kappa shape index (κ3) is 2.76. The van der Waals surface area contributed by atoms with Gasteiger partial charge in [-0.1, -0.05) is 17.3 Å². The molecule has 0 saturated carbocycles. The average Bonchev–Trinajstić information content (AvgIpc) is 2.84. The van der Waals surface area contributed by atoms with E-state index in [-0.39, 0.29) is 11.9 Å². The highest BCUT2D eigenvalue weighted by Gasteiger charge is 2.41. The van der Waals surface area contributed by atoms with E-state index in [1.807, 2.05) is 39.0 Å². The summed E-state index contributed by atoms with van der Waals surface area (Å²) in [4.78, 5) is 0. The van der Waals surface area contributed by atoms with Crippen LogP contribution in [0.4, 0.5) is 0 Å². The first kappa shape index (κ1) is 15.5. The van der Waals surface area contributed by atoms with Crippen LogP contribution < -0.4 is 0 Å². The van der Waals surface area contributed by atoms with Crippen molar-refractivity contribution in [3.05, 3.63) is 30.0 Å². The van der Waals surface area contributed by atoms with E-state index in [4.69, 9.17) is 9.26 Å². The van der Waals surface area contributed by atoms with Gasteiger partial charge in [-0.3, -0.25) is 0 Å². The van der Waals surface area contributed by atoms with E-state index in [9.17, 15) is 8.42 Å². The van der Waals surface area contributed by atoms with Crippen LogP contribution in [0.3, 0.4) is 0 Å². The van der Waals surface area contributed by atoms with Crippen molar-refractivity contribution in [2.45, 2.75) is 38.2 Å². The molecule has 120 valence electrons. The van der Waals surface area contributed by atoms with E-state index in [0.29, 0.717) is 24.4 Å². The van der Waals surface area contributed by atoms with Crippen LogP contribution >= 0.6 is 0 Å². The predicted octanol–water partition coefficient (Wildman–Crippen LogP) is 2.16. The molecular formula is C15H20N2O4S. The molecule has 22 heavy (non-hydrogen) atoms. The smallest absolute Gasteiger partial charge is 0.220 e. The molecule has 3 rings (SSSR count). The van der Waals surface area contributed by atoms with Gasteiger partial charge in [-0.25, -0.2) is 8.42 Å². The Morgan fingerprint density at radius 2 is 2.09 bits per heavy atom. The van der Waals surface area contributed by atoms with Gasteiger partial charge in [0.1, 0.15) is 11.4 Å². The summed E-state index contributed by atoms with van der Waals surface area (Å²) in [5.41, 5.74) is 0.484. The van der Waals surface area contributed by atoms with Crippen molar-refractivity contribution in [1.82, 2.24) is 9.46 Å². The van der Waals surface area contributed by atoms with Gasteiger partial charge in [0.25, 0.3) is 0 Å². The van der Waals surface area contributed by atoms with Crippen LogP contribution in [-0.4, -0.2) is 42.7 Å². The molecule has 1 fully saturated rings. The third-order valence-corrected chi connectivity index (χ3v) is 5.88. The summed E-state index contributed by atoms with van der Waals surface area (Å²) in [6.07, 6.45) is -0.114. The predicted molar refractivity (Wildman–Crippen MR) is 82.8 cm³/mol. The first-order valence-electron chi connectivity index (χ1n) is 7.25. The first-order valence-corrected chi connectivity index (χ1v) is 8.86. The van der Waals surface area contributed by atoms with Gasteiger partial charge < -0.3 is 9.26 Å². The van der Waals surface area contributed by atoms with Crippen molar-refractivity contribution >= 4 is 21.0 Å². The number of rotatable bonds is 3. The molecule has 0 radical (unpaired) electrons. The highest BCUT2D eigenvalue weighted by Crippen LogP contribution is 2.28. The zero-order valence-corrected chi connectivity index (χ0v) is 13.8. The lowest BCUT2D eigenvalue weighted by Gasteiger charge is -2.43. The van der Waals surface area contributed by atoms with Crippen molar-refractivity contribution in [2.24, 2.45) is 0 Å². The highest BCUT2D eigenvalue weighted by molar-refractivity contribution is 7.88. The molecule has 1 saturated heterocycles. The topological polar surface area (TPSA) is 72.6 Å². The summed E-state index contributed by atoms with van der Waals surface area (Å²) < 4.78 is 38.0. The normalized spacial score (nSPS) is 23.0. The van der Waals surface area contributed by atoms with Crippen molar-refractivity contribution in [3.63, 3.8) is 0 Å². The van der Waals surface area contributed by atoms with Crippen molar-refractivity contribution < 1.29 is 17.7 Å². The maximum Gasteiger partial charge on any atom is 0.220 e. The Bertz CT molecular complexity index is 782. The molecule has 6 nitrogen and oxygen atoms in total. The molecule has 2 heterocycles. The fourth-order valence-electron chi connectivity index (χ4n) is 2.73. The molecule has 2 aromatic rings. The Kier molecular flexibility index (Phi) is 3.74. The fraction of sp³-hybridized carbons (Fsp3) is 0.533. The Balaban J connectivity index is 1.93. The van der Waals surface area contributed by atoms with Crippen LogP contribution in [-0.2, 0) is 20.5 Å². The fourth-order valence-corrected chi connectivity index (χ4v) is 4.69. The van der Waals surface area contributed by atoms with Gasteiger partial charge in [-0.2, -0.15) is 4.31 Å². The second-order valence-corrected chi connectivity index (χ2v) is 8.24. The van der Waals surface area contributed by atoms with E-state index in [2.05, 4.69) is 5.16 Å². The Labute approximate surface area is 130 Å². The number of ether oxygens (including phenoxy) is 1. The summed E-state index contributed by atoms with van der Waals surface area (Å²) in [5.74, 6) is -0.167. The Morgan fingerprint density at radius 1 is 1.36 bits per heavy atom. The molecule has 1 aromatic heterocycles. The minimum Gasteiger partial charge on any atom is -0.375 e. The number of para-hydroxylation sites is 1. The Hall–Kier alpha value is -1.44. The second kappa shape index (κ2) is 5.33. The van der Waals surface area contributed by atoms with Gasteiger partial charge >= 0.3 is 0 Å². The van der Waals surface area contributed by atoms with Crippen LogP contribution in [0.5, 0.6) is 0 Å². The van der Waals surface area contributed by atoms with Crippen LogP contribution in [0.2, 0.25) is 0 Å². The number of aromatic nitrogens is 1. The molecule has 0 N–H and O–H groups in total. The lowest BCUT2D eigenvalue weighted by Crippen LogP contribution is -2.57. The molecule has 1 aliphatic rings. The average molecular weight is 324 g/mol. The zero-order chi connectivity index (χ0) is 16.0. The molecule has 7 heteroatoms. The molecule has 0 bridgehead atoms. The molecule has 0 spiro atoms. The SMILES string of the molecule is CC1CN(S(=O)(=O)Cc2noc3ccccc23)C(C)(C)CO1. The number of hydrogen-bond donors (Lipinski definition) is 0. The molecule has 0 amide bonds. The molecule has 1 aromatic carbocycles. The van der Waals surface area contributed by atoms with Crippen molar-refractivity contribution in [1.29, 1.82) is 0 Å². The van der Waals surface area contributed by atoms with E-state index in [0.717, 1.165) is 5.39 Å². The summed E-state index contributed by atoms with van der Waals surface area (Å²) >= 11 is 0. The zero-order valence-electron chi connectivity index (χ0n) is 12.9. The first-order chi connectivity index (χ1) is 10.3. The molecule has 0 aliphatic carbocycles. The highest BCUT2D eigenvalue weighted by atomic mass is 32.2. The summed E-state index contributed by atoms with van der Waals surface area (Å²) in [6, 6.07) is 7.28. The van der Waals surface area contributed by atoms with Crippen molar-refractivity contribution in [2.75, 3.05) is 13.2 Å². The summed E-state index contributed by atoms with van der Waals surface area (Å²) in [6.45, 7) is 6.36. The van der Waals surface area contributed by atoms with E-state index < -0.39 is 15.6 Å². The minimum atomic E-state index is -3.51. The van der Waals surface area contributed by atoms with Crippen LogP contribution in [0.25, 0.3) is 11.0 Å². The molecule has 1 atom stereocenters. The van der Waals surface area contributed by atoms with E-state index >= 15 is 0 Å². The maximum atomic E-state index is 12.8. The number of nitrogens with zero attached hydrogens (tertiary/aromatic N) is 2. The standard InChI is InChI=1S/C15H20N2O4S/c1-11-8-17(15(2,3)10-20-11)22(18,19)9-13-12-6-4-5-7-14(12)21-16-13/h4-7,11H,8-10H2,1-3H3. The number of sulfonamides is 1. The summed E-state index contributed by atoms with van der Waals surface area (Å²) in [7, 11) is -3.51. The third-order valence-electron chi connectivity index (χ3n) is 3.93. The van der Waals surface area contributed by atoms with E-state index in [1.54, 1.807) is 6.07 Å². The quantitative estimate of drug-likeness (QED) is 0.865. The van der Waals surface area contributed by atoms with Gasteiger partial charge in [0.15, 0.2) is 5.58 Å². The van der Waals surface area contributed by atoms with Crippen LogP contribution in [0.1, 0.15) is 26.5 Å². The lowest BCUT2D eigenvalue weighted by atomic mass is 10.1. The van der Waals surface area contributed by atoms with E-state index in [1.165, 1.54) is 4.31 Å². The van der Waals surface area contributed by atoms with Gasteiger partial charge in [0, 0.05) is 11.9 Å². The molecular weight excluding hydrogens is 304 g/mol. The summed E-state index contributed by atoms with van der Waals surface area (Å²) in [5, 5.41) is 4.67. The minimum absolute atomic E-state index is 0.114. The number of benzene rings is 1. The number of hydrogen-bond acceptors (Lipinski definition) is 5. The molecule has 1 aliphatic heterocycles.